The van der Waals surface area contributed by atoms with Gasteiger partial charge in [-0.1, -0.05) is 30.8 Å². The minimum absolute atomic E-state index is 0.631. The average molecular weight is 248 g/mol. The molecule has 0 N–H and O–H groups in total. The van der Waals surface area contributed by atoms with Gasteiger partial charge in [-0.05, 0) is 38.1 Å². The van der Waals surface area contributed by atoms with E-state index in [9.17, 15) is 0 Å². The second-order valence-corrected chi connectivity index (χ2v) is 6.31. The van der Waals surface area contributed by atoms with Gasteiger partial charge in [-0.2, -0.15) is 0 Å². The van der Waals surface area contributed by atoms with Crippen LogP contribution in [0, 0.1) is 12.3 Å². The maximum Gasteiger partial charge on any atom is 0.150 e. The van der Waals surface area contributed by atoms with Crippen molar-refractivity contribution in [3.05, 3.63) is 17.5 Å². The summed E-state index contributed by atoms with van der Waals surface area (Å²) in [6, 6.07) is 2.07. The fourth-order valence-electron chi connectivity index (χ4n) is 3.76. The lowest BCUT2D eigenvalue weighted by Gasteiger charge is -2.27. The molecule has 18 heavy (non-hydrogen) atoms. The van der Waals surface area contributed by atoms with E-state index in [0.29, 0.717) is 5.41 Å². The van der Waals surface area contributed by atoms with E-state index in [2.05, 4.69) is 16.1 Å². The molecule has 1 spiro atoms. The minimum Gasteiger partial charge on any atom is -0.360 e. The molecule has 1 aliphatic heterocycles. The van der Waals surface area contributed by atoms with Gasteiger partial charge in [-0.3, -0.25) is 4.90 Å². The molecule has 3 rings (SSSR count). The summed E-state index contributed by atoms with van der Waals surface area (Å²) in [5.74, 6) is 1.03. The first-order valence-corrected chi connectivity index (χ1v) is 7.40. The Bertz CT molecular complexity index is 391. The molecule has 1 aliphatic carbocycles. The van der Waals surface area contributed by atoms with Crippen molar-refractivity contribution in [2.24, 2.45) is 5.41 Å². The maximum atomic E-state index is 5.33. The van der Waals surface area contributed by atoms with Gasteiger partial charge in [0, 0.05) is 12.6 Å². The highest BCUT2D eigenvalue weighted by Gasteiger charge is 2.38. The highest BCUT2D eigenvalue weighted by Crippen LogP contribution is 2.42. The molecule has 3 nitrogen and oxygen atoms in total. The average Bonchev–Trinajstić information content (AvgIpc) is 2.83. The quantitative estimate of drug-likeness (QED) is 0.801. The maximum absolute atomic E-state index is 5.33. The van der Waals surface area contributed by atoms with Gasteiger partial charge >= 0.3 is 0 Å². The van der Waals surface area contributed by atoms with Gasteiger partial charge in [0.2, 0.25) is 0 Å². The zero-order valence-corrected chi connectivity index (χ0v) is 11.5. The van der Waals surface area contributed by atoms with Crippen LogP contribution in [-0.4, -0.2) is 23.1 Å². The van der Waals surface area contributed by atoms with E-state index in [1.807, 2.05) is 6.92 Å². The summed E-state index contributed by atoms with van der Waals surface area (Å²) in [6.07, 6.45) is 10.1. The van der Waals surface area contributed by atoms with Crippen LogP contribution in [0.2, 0.25) is 0 Å². The Labute approximate surface area is 110 Å². The lowest BCUT2D eigenvalue weighted by Crippen LogP contribution is -2.26. The summed E-state index contributed by atoms with van der Waals surface area (Å²) < 4.78 is 5.33. The molecule has 1 aromatic heterocycles. The number of aromatic nitrogens is 1. The molecule has 2 aliphatic rings. The molecule has 1 aromatic rings. The SMILES string of the molecule is Cc1cc(CN2CCC3(CCCCCC3)C2)on1. The molecule has 0 unspecified atom stereocenters. The number of rotatable bonds is 2. The predicted molar refractivity (Wildman–Crippen MR) is 71.3 cm³/mol. The summed E-state index contributed by atoms with van der Waals surface area (Å²) in [4.78, 5) is 2.56. The normalized spacial score (nSPS) is 24.5. The van der Waals surface area contributed by atoms with Gasteiger partial charge in [0.25, 0.3) is 0 Å². The van der Waals surface area contributed by atoms with Crippen LogP contribution in [0.3, 0.4) is 0 Å². The van der Waals surface area contributed by atoms with Crippen LogP contribution < -0.4 is 0 Å². The molecule has 100 valence electrons. The summed E-state index contributed by atoms with van der Waals surface area (Å²) in [7, 11) is 0. The van der Waals surface area contributed by atoms with Gasteiger partial charge in [-0.25, -0.2) is 0 Å². The molecule has 2 heterocycles. The smallest absolute Gasteiger partial charge is 0.150 e. The largest absolute Gasteiger partial charge is 0.360 e. The number of aryl methyl sites for hydroxylation is 1. The predicted octanol–water partition coefficient (Wildman–Crippen LogP) is 3.53. The Morgan fingerprint density at radius 1 is 1.22 bits per heavy atom. The van der Waals surface area contributed by atoms with E-state index in [1.165, 1.54) is 58.0 Å². The first-order valence-electron chi connectivity index (χ1n) is 7.40. The second kappa shape index (κ2) is 5.04. The van der Waals surface area contributed by atoms with E-state index in [4.69, 9.17) is 4.52 Å². The zero-order chi connectivity index (χ0) is 12.4. The summed E-state index contributed by atoms with van der Waals surface area (Å²) >= 11 is 0. The number of likely N-dealkylation sites (tertiary alicyclic amines) is 1. The molecule has 0 atom stereocenters. The van der Waals surface area contributed by atoms with Gasteiger partial charge in [0.1, 0.15) is 0 Å². The summed E-state index contributed by atoms with van der Waals surface area (Å²) in [5.41, 5.74) is 1.62. The van der Waals surface area contributed by atoms with E-state index in [1.54, 1.807) is 0 Å². The van der Waals surface area contributed by atoms with Crippen molar-refractivity contribution in [3.8, 4) is 0 Å². The third kappa shape index (κ3) is 2.61. The standard InChI is InChI=1S/C15H24N2O/c1-13-10-14(18-16-13)11-17-9-8-15(12-17)6-4-2-3-5-7-15/h10H,2-9,11-12H2,1H3. The first-order chi connectivity index (χ1) is 8.76. The van der Waals surface area contributed by atoms with Crippen molar-refractivity contribution in [2.75, 3.05) is 13.1 Å². The van der Waals surface area contributed by atoms with E-state index < -0.39 is 0 Å². The molecule has 0 bridgehead atoms. The molecule has 0 radical (unpaired) electrons. The van der Waals surface area contributed by atoms with Crippen molar-refractivity contribution in [3.63, 3.8) is 0 Å². The van der Waals surface area contributed by atoms with Crippen LogP contribution in [0.4, 0.5) is 0 Å². The number of hydrogen-bond donors (Lipinski definition) is 0. The van der Waals surface area contributed by atoms with Gasteiger partial charge in [0.05, 0.1) is 12.2 Å². The summed E-state index contributed by atoms with van der Waals surface area (Å²) in [6.45, 7) is 5.44. The van der Waals surface area contributed by atoms with Crippen molar-refractivity contribution < 1.29 is 4.52 Å². The topological polar surface area (TPSA) is 29.3 Å². The van der Waals surface area contributed by atoms with Gasteiger partial charge in [-0.15, -0.1) is 0 Å². The van der Waals surface area contributed by atoms with Gasteiger partial charge in [0.15, 0.2) is 5.76 Å². The number of hydrogen-bond acceptors (Lipinski definition) is 3. The van der Waals surface area contributed by atoms with Crippen LogP contribution in [0.1, 0.15) is 56.4 Å². The van der Waals surface area contributed by atoms with Crippen molar-refractivity contribution in [1.82, 2.24) is 10.1 Å². The lowest BCUT2D eigenvalue weighted by molar-refractivity contribution is 0.210. The van der Waals surface area contributed by atoms with Crippen LogP contribution in [0.5, 0.6) is 0 Å². The van der Waals surface area contributed by atoms with Gasteiger partial charge < -0.3 is 4.52 Å². The second-order valence-electron chi connectivity index (χ2n) is 6.31. The molecule has 3 heteroatoms. The zero-order valence-electron chi connectivity index (χ0n) is 11.5. The van der Waals surface area contributed by atoms with E-state index >= 15 is 0 Å². The fourth-order valence-corrected chi connectivity index (χ4v) is 3.76. The van der Waals surface area contributed by atoms with Crippen LogP contribution in [0.25, 0.3) is 0 Å². The van der Waals surface area contributed by atoms with Crippen LogP contribution in [0.15, 0.2) is 10.6 Å². The lowest BCUT2D eigenvalue weighted by atomic mass is 9.80. The third-order valence-corrected chi connectivity index (χ3v) is 4.74. The van der Waals surface area contributed by atoms with E-state index in [0.717, 1.165) is 18.0 Å². The molecule has 0 amide bonds. The summed E-state index contributed by atoms with van der Waals surface area (Å²) in [5, 5.41) is 3.98. The first kappa shape index (κ1) is 12.2. The Kier molecular flexibility index (Phi) is 3.42. The Hall–Kier alpha value is -0.830. The highest BCUT2D eigenvalue weighted by atomic mass is 16.5. The van der Waals surface area contributed by atoms with Crippen molar-refractivity contribution in [1.29, 1.82) is 0 Å². The Balaban J connectivity index is 1.60. The van der Waals surface area contributed by atoms with E-state index in [-0.39, 0.29) is 0 Å². The molecular formula is C15H24N2O. The molecule has 2 fully saturated rings. The molecular weight excluding hydrogens is 224 g/mol. The van der Waals surface area contributed by atoms with Crippen molar-refractivity contribution >= 4 is 0 Å². The molecule has 1 saturated heterocycles. The molecule has 1 saturated carbocycles. The van der Waals surface area contributed by atoms with Crippen molar-refractivity contribution in [2.45, 2.75) is 58.4 Å². The third-order valence-electron chi connectivity index (χ3n) is 4.74. The monoisotopic (exact) mass is 248 g/mol. The minimum atomic E-state index is 0.631. The number of nitrogens with zero attached hydrogens (tertiary/aromatic N) is 2. The highest BCUT2D eigenvalue weighted by molar-refractivity contribution is 5.04. The van der Waals surface area contributed by atoms with Crippen LogP contribution in [-0.2, 0) is 6.54 Å². The Morgan fingerprint density at radius 2 is 2.00 bits per heavy atom. The van der Waals surface area contributed by atoms with Crippen LogP contribution >= 0.6 is 0 Å². The fraction of sp³-hybridized carbons (Fsp3) is 0.800. The molecule has 0 aromatic carbocycles. The Morgan fingerprint density at radius 3 is 2.67 bits per heavy atom.